The number of amides is 3. The Labute approximate surface area is 161 Å². The summed E-state index contributed by atoms with van der Waals surface area (Å²) in [5, 5.41) is 13.5. The molecule has 27 heavy (non-hydrogen) atoms. The SMILES string of the molecule is CC(C)CCc1ccc(NC(=O)N2CCCC(O)(CC(=O)N(C)C)C2)nc1. The lowest BCUT2D eigenvalue weighted by Gasteiger charge is -2.39. The molecule has 1 fully saturated rings. The molecule has 0 saturated carbocycles. The van der Waals surface area contributed by atoms with E-state index in [1.807, 2.05) is 6.07 Å². The summed E-state index contributed by atoms with van der Waals surface area (Å²) in [7, 11) is 3.32. The third-order valence-corrected chi connectivity index (χ3v) is 4.89. The first-order valence-electron chi connectivity index (χ1n) is 9.62. The lowest BCUT2D eigenvalue weighted by Crippen LogP contribution is -2.53. The molecule has 3 amide bonds. The van der Waals surface area contributed by atoms with Crippen LogP contribution in [0.25, 0.3) is 0 Å². The van der Waals surface area contributed by atoms with Crippen LogP contribution in [0.4, 0.5) is 10.6 Å². The van der Waals surface area contributed by atoms with Gasteiger partial charge in [0.05, 0.1) is 18.6 Å². The summed E-state index contributed by atoms with van der Waals surface area (Å²) in [4.78, 5) is 31.8. The topological polar surface area (TPSA) is 85.8 Å². The molecule has 1 aromatic heterocycles. The Morgan fingerprint density at radius 1 is 1.37 bits per heavy atom. The molecule has 1 saturated heterocycles. The lowest BCUT2D eigenvalue weighted by molar-refractivity contribution is -0.135. The van der Waals surface area contributed by atoms with E-state index < -0.39 is 5.60 Å². The van der Waals surface area contributed by atoms with E-state index in [1.165, 1.54) is 4.90 Å². The summed E-state index contributed by atoms with van der Waals surface area (Å²) >= 11 is 0. The fraction of sp³-hybridized carbons (Fsp3) is 0.650. The maximum Gasteiger partial charge on any atom is 0.323 e. The van der Waals surface area contributed by atoms with Gasteiger partial charge in [-0.1, -0.05) is 19.9 Å². The number of hydrogen-bond donors (Lipinski definition) is 2. The number of nitrogens with one attached hydrogen (secondary N) is 1. The molecule has 1 aliphatic rings. The number of urea groups is 1. The van der Waals surface area contributed by atoms with E-state index in [0.29, 0.717) is 31.1 Å². The van der Waals surface area contributed by atoms with Gasteiger partial charge in [-0.25, -0.2) is 9.78 Å². The molecule has 150 valence electrons. The number of pyridine rings is 1. The molecule has 2 N–H and O–H groups in total. The van der Waals surface area contributed by atoms with Crippen LogP contribution >= 0.6 is 0 Å². The van der Waals surface area contributed by atoms with Gasteiger partial charge in [-0.05, 0) is 43.2 Å². The molecule has 0 bridgehead atoms. The molecule has 1 aliphatic heterocycles. The number of carbonyl (C=O) groups excluding carboxylic acids is 2. The fourth-order valence-corrected chi connectivity index (χ4v) is 3.16. The van der Waals surface area contributed by atoms with Gasteiger partial charge in [-0.15, -0.1) is 0 Å². The van der Waals surface area contributed by atoms with Crippen molar-refractivity contribution in [3.63, 3.8) is 0 Å². The highest BCUT2D eigenvalue weighted by Crippen LogP contribution is 2.25. The molecule has 2 heterocycles. The minimum atomic E-state index is -1.18. The second-order valence-electron chi connectivity index (χ2n) is 8.13. The number of carbonyl (C=O) groups is 2. The Balaban J connectivity index is 1.92. The van der Waals surface area contributed by atoms with Crippen LogP contribution in [-0.4, -0.2) is 64.6 Å². The molecule has 0 radical (unpaired) electrons. The van der Waals surface area contributed by atoms with E-state index in [-0.39, 0.29) is 24.9 Å². The second kappa shape index (κ2) is 9.17. The van der Waals surface area contributed by atoms with E-state index in [0.717, 1.165) is 18.4 Å². The first kappa shape index (κ1) is 21.2. The molecule has 2 rings (SSSR count). The predicted molar refractivity (Wildman–Crippen MR) is 105 cm³/mol. The maximum absolute atomic E-state index is 12.5. The van der Waals surface area contributed by atoms with Gasteiger partial charge in [0, 0.05) is 26.8 Å². The number of aliphatic hydroxyl groups is 1. The smallest absolute Gasteiger partial charge is 0.323 e. The Morgan fingerprint density at radius 2 is 2.11 bits per heavy atom. The van der Waals surface area contributed by atoms with Crippen molar-refractivity contribution in [2.24, 2.45) is 5.92 Å². The fourth-order valence-electron chi connectivity index (χ4n) is 3.16. The van der Waals surface area contributed by atoms with Crippen molar-refractivity contribution in [1.82, 2.24) is 14.8 Å². The minimum absolute atomic E-state index is 0.0204. The second-order valence-corrected chi connectivity index (χ2v) is 8.13. The molecule has 1 atom stereocenters. The van der Waals surface area contributed by atoms with Gasteiger partial charge in [0.25, 0.3) is 0 Å². The van der Waals surface area contributed by atoms with Crippen molar-refractivity contribution in [2.75, 3.05) is 32.5 Å². The van der Waals surface area contributed by atoms with Crippen LogP contribution in [0.2, 0.25) is 0 Å². The third-order valence-electron chi connectivity index (χ3n) is 4.89. The molecule has 1 aromatic rings. The summed E-state index contributed by atoms with van der Waals surface area (Å²) in [5.41, 5.74) is -0.0262. The zero-order chi connectivity index (χ0) is 20.0. The van der Waals surface area contributed by atoms with Gasteiger partial charge in [0.15, 0.2) is 0 Å². The average molecular weight is 377 g/mol. The van der Waals surface area contributed by atoms with E-state index in [4.69, 9.17) is 0 Å². The van der Waals surface area contributed by atoms with E-state index in [1.54, 1.807) is 31.3 Å². The molecule has 1 unspecified atom stereocenters. The Kier molecular flexibility index (Phi) is 7.18. The lowest BCUT2D eigenvalue weighted by atomic mass is 9.89. The predicted octanol–water partition coefficient (Wildman–Crippen LogP) is 2.51. The monoisotopic (exact) mass is 376 g/mol. The summed E-state index contributed by atoms with van der Waals surface area (Å²) in [6, 6.07) is 3.49. The molecule has 7 heteroatoms. The number of hydrogen-bond acceptors (Lipinski definition) is 4. The summed E-state index contributed by atoms with van der Waals surface area (Å²) in [5.74, 6) is 0.992. The van der Waals surface area contributed by atoms with Crippen molar-refractivity contribution in [3.8, 4) is 0 Å². The van der Waals surface area contributed by atoms with Crippen LogP contribution in [0.1, 0.15) is 45.1 Å². The zero-order valence-electron chi connectivity index (χ0n) is 16.9. The first-order valence-corrected chi connectivity index (χ1v) is 9.62. The third kappa shape index (κ3) is 6.50. The summed E-state index contributed by atoms with van der Waals surface area (Å²) < 4.78 is 0. The highest BCUT2D eigenvalue weighted by molar-refractivity contribution is 5.88. The number of rotatable bonds is 6. The molecule has 0 spiro atoms. The minimum Gasteiger partial charge on any atom is -0.387 e. The van der Waals surface area contributed by atoms with E-state index in [2.05, 4.69) is 24.1 Å². The van der Waals surface area contributed by atoms with Gasteiger partial charge >= 0.3 is 6.03 Å². The number of β-amino-alcohol motifs (C(OH)–C–C–N with tert-alkyl or cyclic N) is 1. The molecule has 0 aliphatic carbocycles. The van der Waals surface area contributed by atoms with Crippen LogP contribution < -0.4 is 5.32 Å². The van der Waals surface area contributed by atoms with Crippen molar-refractivity contribution >= 4 is 17.8 Å². The molecule has 0 aromatic carbocycles. The van der Waals surface area contributed by atoms with Gasteiger partial charge in [0.2, 0.25) is 5.91 Å². The van der Waals surface area contributed by atoms with Crippen molar-refractivity contribution in [1.29, 1.82) is 0 Å². The normalized spacial score (nSPS) is 19.9. The number of aromatic nitrogens is 1. The zero-order valence-corrected chi connectivity index (χ0v) is 16.9. The van der Waals surface area contributed by atoms with Crippen LogP contribution in [0.3, 0.4) is 0 Å². The standard InChI is InChI=1S/C20H32N4O3/c1-15(2)6-7-16-8-9-17(21-13-16)22-19(26)24-11-5-10-20(27,14-24)12-18(25)23(3)4/h8-9,13,15,27H,5-7,10-12,14H2,1-4H3,(H,21,22,26). The van der Waals surface area contributed by atoms with E-state index >= 15 is 0 Å². The molecular formula is C20H32N4O3. The van der Waals surface area contributed by atoms with Gasteiger partial charge in [0.1, 0.15) is 5.82 Å². The summed E-state index contributed by atoms with van der Waals surface area (Å²) in [6.07, 6.45) is 5.06. The highest BCUT2D eigenvalue weighted by Gasteiger charge is 2.37. The quantitative estimate of drug-likeness (QED) is 0.799. The van der Waals surface area contributed by atoms with Crippen molar-refractivity contribution < 1.29 is 14.7 Å². The largest absolute Gasteiger partial charge is 0.387 e. The average Bonchev–Trinajstić information content (AvgIpc) is 2.60. The Bertz CT molecular complexity index is 645. The van der Waals surface area contributed by atoms with Crippen LogP contribution in [0.5, 0.6) is 0 Å². The van der Waals surface area contributed by atoms with Crippen LogP contribution in [0.15, 0.2) is 18.3 Å². The molecule has 7 nitrogen and oxygen atoms in total. The van der Waals surface area contributed by atoms with E-state index in [9.17, 15) is 14.7 Å². The van der Waals surface area contributed by atoms with Gasteiger partial charge in [-0.2, -0.15) is 0 Å². The van der Waals surface area contributed by atoms with Gasteiger partial charge < -0.3 is 14.9 Å². The number of nitrogens with zero attached hydrogens (tertiary/aromatic N) is 3. The number of anilines is 1. The van der Waals surface area contributed by atoms with Crippen molar-refractivity contribution in [2.45, 2.75) is 51.6 Å². The van der Waals surface area contributed by atoms with Crippen LogP contribution in [-0.2, 0) is 11.2 Å². The van der Waals surface area contributed by atoms with Gasteiger partial charge in [-0.3, -0.25) is 10.1 Å². The first-order chi connectivity index (χ1) is 12.7. The number of likely N-dealkylation sites (tertiary alicyclic amines) is 1. The Hall–Kier alpha value is -2.15. The number of piperidine rings is 1. The Morgan fingerprint density at radius 3 is 2.70 bits per heavy atom. The van der Waals surface area contributed by atoms with Crippen LogP contribution in [0, 0.1) is 5.92 Å². The van der Waals surface area contributed by atoms with Crippen molar-refractivity contribution in [3.05, 3.63) is 23.9 Å². The summed E-state index contributed by atoms with van der Waals surface area (Å²) in [6.45, 7) is 5.07. The number of aryl methyl sites for hydroxylation is 1. The maximum atomic E-state index is 12.5. The highest BCUT2D eigenvalue weighted by atomic mass is 16.3. The molecular weight excluding hydrogens is 344 g/mol.